The highest BCUT2D eigenvalue weighted by molar-refractivity contribution is 7.86. The quantitative estimate of drug-likeness (QED) is 0.282. The van der Waals surface area contributed by atoms with Gasteiger partial charge in [0.25, 0.3) is 0 Å². The molecule has 5 aromatic carbocycles. The van der Waals surface area contributed by atoms with Gasteiger partial charge >= 0.3 is 0 Å². The predicted molar refractivity (Wildman–Crippen MR) is 144 cm³/mol. The monoisotopic (exact) mass is 466 g/mol. The molecule has 164 valence electrons. The summed E-state index contributed by atoms with van der Waals surface area (Å²) >= 11 is 0. The maximum Gasteiger partial charge on any atom is 0.174 e. The fourth-order valence-electron chi connectivity index (χ4n) is 5.56. The summed E-state index contributed by atoms with van der Waals surface area (Å²) in [5.74, 6) is 0. The van der Waals surface area contributed by atoms with Gasteiger partial charge in [0.2, 0.25) is 0 Å². The molecule has 3 nitrogen and oxygen atoms in total. The second-order valence-electron chi connectivity index (χ2n) is 8.83. The summed E-state index contributed by atoms with van der Waals surface area (Å²) in [6, 6.07) is 40.4. The molecule has 1 aromatic heterocycles. The number of hydrogen-bond acceptors (Lipinski definition) is 2. The van der Waals surface area contributed by atoms with Crippen LogP contribution in [0, 0.1) is 11.3 Å². The van der Waals surface area contributed by atoms with Gasteiger partial charge in [-0.2, -0.15) is 5.26 Å². The Morgan fingerprint density at radius 2 is 1.46 bits per heavy atom. The molecular formula is C31H19N2OP. The van der Waals surface area contributed by atoms with E-state index in [4.69, 9.17) is 0 Å². The largest absolute Gasteiger partial charge is 0.309 e. The minimum absolute atomic E-state index is 0.593. The van der Waals surface area contributed by atoms with Gasteiger partial charge in [0.05, 0.1) is 28.0 Å². The van der Waals surface area contributed by atoms with Crippen LogP contribution in [0.3, 0.4) is 0 Å². The summed E-state index contributed by atoms with van der Waals surface area (Å²) in [6.07, 6.45) is 0. The second kappa shape index (κ2) is 7.31. The van der Waals surface area contributed by atoms with Crippen LogP contribution in [-0.4, -0.2) is 4.57 Å². The van der Waals surface area contributed by atoms with Crippen molar-refractivity contribution in [1.82, 2.24) is 4.57 Å². The fraction of sp³-hybridized carbons (Fsp3) is 0. The van der Waals surface area contributed by atoms with Gasteiger partial charge in [-0.05, 0) is 35.4 Å². The van der Waals surface area contributed by atoms with Crippen LogP contribution >= 0.6 is 7.14 Å². The van der Waals surface area contributed by atoms with Crippen molar-refractivity contribution in [2.24, 2.45) is 0 Å². The molecule has 0 radical (unpaired) electrons. The Morgan fingerprint density at radius 1 is 0.686 bits per heavy atom. The van der Waals surface area contributed by atoms with E-state index in [1.807, 2.05) is 84.9 Å². The number of para-hydroxylation sites is 1. The van der Waals surface area contributed by atoms with Crippen LogP contribution in [0.1, 0.15) is 5.56 Å². The highest BCUT2D eigenvalue weighted by Crippen LogP contribution is 2.54. The summed E-state index contributed by atoms with van der Waals surface area (Å²) in [4.78, 5) is 0. The summed E-state index contributed by atoms with van der Waals surface area (Å²) in [5, 5.41) is 14.3. The van der Waals surface area contributed by atoms with Crippen LogP contribution < -0.4 is 15.9 Å². The van der Waals surface area contributed by atoms with Crippen molar-refractivity contribution in [3.63, 3.8) is 0 Å². The van der Waals surface area contributed by atoms with Crippen LogP contribution in [0.15, 0.2) is 115 Å². The lowest BCUT2D eigenvalue weighted by Gasteiger charge is -2.18. The van der Waals surface area contributed by atoms with Crippen molar-refractivity contribution in [3.8, 4) is 22.9 Å². The Bertz CT molecular complexity index is 1890. The van der Waals surface area contributed by atoms with Crippen molar-refractivity contribution in [3.05, 3.63) is 121 Å². The molecular weight excluding hydrogens is 447 g/mol. The molecule has 35 heavy (non-hydrogen) atoms. The second-order valence-corrected chi connectivity index (χ2v) is 11.5. The molecule has 0 aliphatic carbocycles. The van der Waals surface area contributed by atoms with E-state index in [2.05, 4.69) is 41.0 Å². The molecule has 1 atom stereocenters. The van der Waals surface area contributed by atoms with Crippen LogP contribution in [0.5, 0.6) is 0 Å². The van der Waals surface area contributed by atoms with Gasteiger partial charge in [-0.15, -0.1) is 0 Å². The number of nitrogens with zero attached hydrogens (tertiary/aromatic N) is 2. The first kappa shape index (κ1) is 20.0. The molecule has 7 rings (SSSR count). The molecule has 0 spiro atoms. The number of benzene rings is 5. The average Bonchev–Trinajstić information content (AvgIpc) is 3.40. The van der Waals surface area contributed by atoms with Crippen molar-refractivity contribution < 1.29 is 4.57 Å². The lowest BCUT2D eigenvalue weighted by molar-refractivity contribution is 0.593. The van der Waals surface area contributed by atoms with E-state index in [9.17, 15) is 5.26 Å². The molecule has 4 heteroatoms. The molecule has 0 saturated heterocycles. The van der Waals surface area contributed by atoms with Crippen LogP contribution in [0.2, 0.25) is 0 Å². The zero-order chi connectivity index (χ0) is 23.6. The minimum atomic E-state index is -3.16. The van der Waals surface area contributed by atoms with Crippen molar-refractivity contribution in [1.29, 1.82) is 5.26 Å². The van der Waals surface area contributed by atoms with Gasteiger partial charge in [-0.25, -0.2) is 0 Å². The van der Waals surface area contributed by atoms with Crippen LogP contribution in [0.4, 0.5) is 0 Å². The number of nitriles is 1. The van der Waals surface area contributed by atoms with E-state index in [-0.39, 0.29) is 0 Å². The van der Waals surface area contributed by atoms with E-state index in [1.54, 1.807) is 0 Å². The Labute approximate surface area is 202 Å². The molecule has 1 aliphatic heterocycles. The van der Waals surface area contributed by atoms with E-state index >= 15 is 4.57 Å². The molecule has 0 N–H and O–H groups in total. The Kier molecular flexibility index (Phi) is 4.18. The van der Waals surface area contributed by atoms with Gasteiger partial charge < -0.3 is 9.13 Å². The molecule has 0 bridgehead atoms. The third-order valence-corrected chi connectivity index (χ3v) is 10.2. The van der Waals surface area contributed by atoms with E-state index < -0.39 is 7.14 Å². The molecule has 1 unspecified atom stereocenters. The maximum atomic E-state index is 15.4. The van der Waals surface area contributed by atoms with Crippen LogP contribution in [-0.2, 0) is 4.57 Å². The van der Waals surface area contributed by atoms with Gasteiger partial charge in [0, 0.05) is 27.1 Å². The minimum Gasteiger partial charge on any atom is -0.309 e. The average molecular weight is 466 g/mol. The highest BCUT2D eigenvalue weighted by atomic mass is 31.2. The van der Waals surface area contributed by atoms with Crippen LogP contribution in [0.25, 0.3) is 38.6 Å². The third kappa shape index (κ3) is 2.63. The standard InChI is InChI=1S/C31H19N2OP/c32-20-21-9-8-10-22(19-21)33-28-15-6-4-13-24(28)26-17-18-27-25-14-5-7-16-29(25)35(34,31(27)30(26)33)23-11-2-1-3-12-23/h1-19H. The molecule has 6 aromatic rings. The van der Waals surface area contributed by atoms with E-state index in [1.165, 1.54) is 0 Å². The number of fused-ring (bicyclic) bond motifs is 7. The zero-order valence-electron chi connectivity index (χ0n) is 18.7. The zero-order valence-corrected chi connectivity index (χ0v) is 19.6. The predicted octanol–water partition coefficient (Wildman–Crippen LogP) is 6.28. The first-order chi connectivity index (χ1) is 17.2. The molecule has 1 aliphatic rings. The van der Waals surface area contributed by atoms with Crippen molar-refractivity contribution in [2.75, 3.05) is 0 Å². The Hall–Kier alpha value is -4.38. The topological polar surface area (TPSA) is 45.8 Å². The lowest BCUT2D eigenvalue weighted by Crippen LogP contribution is -2.22. The summed E-state index contributed by atoms with van der Waals surface area (Å²) in [6.45, 7) is 0. The van der Waals surface area contributed by atoms with Gasteiger partial charge in [0.1, 0.15) is 0 Å². The molecule has 0 fully saturated rings. The van der Waals surface area contributed by atoms with Gasteiger partial charge in [-0.1, -0.05) is 91.0 Å². The van der Waals surface area contributed by atoms with Crippen molar-refractivity contribution in [2.45, 2.75) is 0 Å². The van der Waals surface area contributed by atoms with Gasteiger partial charge in [-0.3, -0.25) is 0 Å². The first-order valence-electron chi connectivity index (χ1n) is 11.5. The van der Waals surface area contributed by atoms with Crippen molar-refractivity contribution >= 4 is 44.9 Å². The SMILES string of the molecule is N#Cc1cccc(-n2c3ccccc3c3ccc4c(c32)P(=O)(c2ccccc2)c2ccccc2-4)c1. The molecule has 0 amide bonds. The Balaban J connectivity index is 1.72. The maximum absolute atomic E-state index is 15.4. The molecule has 2 heterocycles. The smallest absolute Gasteiger partial charge is 0.174 e. The first-order valence-corrected chi connectivity index (χ1v) is 13.3. The molecule has 0 saturated carbocycles. The normalized spacial score (nSPS) is 16.2. The van der Waals surface area contributed by atoms with E-state index in [0.29, 0.717) is 5.56 Å². The number of aromatic nitrogens is 1. The third-order valence-electron chi connectivity index (χ3n) is 7.01. The Morgan fingerprint density at radius 3 is 2.31 bits per heavy atom. The van der Waals surface area contributed by atoms with E-state index in [0.717, 1.165) is 54.5 Å². The summed E-state index contributed by atoms with van der Waals surface area (Å²) < 4.78 is 17.6. The number of hydrogen-bond donors (Lipinski definition) is 0. The summed E-state index contributed by atoms with van der Waals surface area (Å²) in [5.41, 5.74) is 5.50. The highest BCUT2D eigenvalue weighted by Gasteiger charge is 2.42. The van der Waals surface area contributed by atoms with Gasteiger partial charge in [0.15, 0.2) is 7.14 Å². The number of rotatable bonds is 2. The lowest BCUT2D eigenvalue weighted by atomic mass is 10.0. The fourth-order valence-corrected chi connectivity index (χ4v) is 8.81. The summed E-state index contributed by atoms with van der Waals surface area (Å²) in [7, 11) is -3.16.